The summed E-state index contributed by atoms with van der Waals surface area (Å²) in [4.78, 5) is 23.6. The Morgan fingerprint density at radius 3 is 2.19 bits per heavy atom. The van der Waals surface area contributed by atoms with Crippen LogP contribution in [0.1, 0.15) is 15.9 Å². The number of hydrogen-bond acceptors (Lipinski definition) is 5. The molecule has 0 atom stereocenters. The van der Waals surface area contributed by atoms with Gasteiger partial charge in [0.15, 0.2) is 11.5 Å². The number of nitrogens with one attached hydrogen (secondary N) is 1. The van der Waals surface area contributed by atoms with Gasteiger partial charge in [-0.05, 0) is 24.3 Å². The van der Waals surface area contributed by atoms with E-state index in [9.17, 15) is 9.59 Å². The molecule has 2 amide bonds. The second-order valence-corrected chi connectivity index (χ2v) is 5.18. The number of primary amides is 1. The van der Waals surface area contributed by atoms with E-state index in [1.807, 2.05) is 0 Å². The monoisotopic (exact) mass is 356 g/mol. The van der Waals surface area contributed by atoms with Crippen LogP contribution in [0.3, 0.4) is 0 Å². The third-order valence-corrected chi connectivity index (χ3v) is 3.60. The fourth-order valence-electron chi connectivity index (χ4n) is 2.33. The zero-order valence-electron chi connectivity index (χ0n) is 14.7. The molecule has 0 heterocycles. The van der Waals surface area contributed by atoms with Crippen molar-refractivity contribution < 1.29 is 23.8 Å². The van der Waals surface area contributed by atoms with Gasteiger partial charge < -0.3 is 25.3 Å². The summed E-state index contributed by atoms with van der Waals surface area (Å²) in [5.41, 5.74) is 6.51. The molecule has 0 spiro atoms. The van der Waals surface area contributed by atoms with Crippen LogP contribution in [0.25, 0.3) is 6.08 Å². The van der Waals surface area contributed by atoms with E-state index in [1.165, 1.54) is 27.4 Å². The Bertz CT molecular complexity index is 846. The molecule has 7 heteroatoms. The first-order valence-corrected chi connectivity index (χ1v) is 7.68. The molecule has 0 aliphatic carbocycles. The molecule has 7 nitrogen and oxygen atoms in total. The SMILES string of the molecule is COc1cc(OC)c(OC)cc1C=CC(=O)Nc1ccccc1C(N)=O. The molecule has 2 aromatic carbocycles. The summed E-state index contributed by atoms with van der Waals surface area (Å²) in [6.07, 6.45) is 2.89. The maximum atomic E-state index is 12.2. The molecule has 0 aliphatic heterocycles. The molecule has 0 bridgehead atoms. The molecule has 2 rings (SSSR count). The number of benzene rings is 2. The molecule has 26 heavy (non-hydrogen) atoms. The normalized spacial score (nSPS) is 10.4. The van der Waals surface area contributed by atoms with Crippen LogP contribution < -0.4 is 25.3 Å². The number of rotatable bonds is 7. The fourth-order valence-corrected chi connectivity index (χ4v) is 2.33. The van der Waals surface area contributed by atoms with Crippen LogP contribution in [0.5, 0.6) is 17.2 Å². The molecule has 0 unspecified atom stereocenters. The Labute approximate surface area is 151 Å². The molecular weight excluding hydrogens is 336 g/mol. The molecule has 0 radical (unpaired) electrons. The number of amides is 2. The minimum absolute atomic E-state index is 0.234. The zero-order chi connectivity index (χ0) is 19.1. The largest absolute Gasteiger partial charge is 0.496 e. The van der Waals surface area contributed by atoms with Crippen LogP contribution in [-0.4, -0.2) is 33.1 Å². The lowest BCUT2D eigenvalue weighted by atomic mass is 10.1. The van der Waals surface area contributed by atoms with Crippen LogP contribution >= 0.6 is 0 Å². The van der Waals surface area contributed by atoms with Crippen molar-refractivity contribution in [2.45, 2.75) is 0 Å². The number of hydrogen-bond donors (Lipinski definition) is 2. The van der Waals surface area contributed by atoms with E-state index >= 15 is 0 Å². The van der Waals surface area contributed by atoms with Crippen molar-refractivity contribution in [3.05, 3.63) is 53.6 Å². The number of para-hydroxylation sites is 1. The van der Waals surface area contributed by atoms with Gasteiger partial charge >= 0.3 is 0 Å². The van der Waals surface area contributed by atoms with Gasteiger partial charge in [-0.15, -0.1) is 0 Å². The van der Waals surface area contributed by atoms with Crippen LogP contribution in [0.15, 0.2) is 42.5 Å². The van der Waals surface area contributed by atoms with Gasteiger partial charge in [-0.1, -0.05) is 12.1 Å². The third-order valence-electron chi connectivity index (χ3n) is 3.60. The number of ether oxygens (including phenoxy) is 3. The molecule has 3 N–H and O–H groups in total. The first-order valence-electron chi connectivity index (χ1n) is 7.68. The van der Waals surface area contributed by atoms with E-state index < -0.39 is 11.8 Å². The van der Waals surface area contributed by atoms with Gasteiger partial charge in [-0.2, -0.15) is 0 Å². The second kappa shape index (κ2) is 8.57. The Morgan fingerprint density at radius 1 is 0.962 bits per heavy atom. The number of methoxy groups -OCH3 is 3. The van der Waals surface area contributed by atoms with Gasteiger partial charge in [-0.25, -0.2) is 0 Å². The fraction of sp³-hybridized carbons (Fsp3) is 0.158. The van der Waals surface area contributed by atoms with Crippen molar-refractivity contribution in [1.29, 1.82) is 0 Å². The highest BCUT2D eigenvalue weighted by atomic mass is 16.5. The number of carbonyl (C=O) groups excluding carboxylic acids is 2. The molecule has 0 fully saturated rings. The Balaban J connectivity index is 2.24. The lowest BCUT2D eigenvalue weighted by Gasteiger charge is -2.12. The van der Waals surface area contributed by atoms with Crippen molar-refractivity contribution >= 4 is 23.6 Å². The standard InChI is InChI=1S/C19H20N2O5/c1-24-15-11-17(26-3)16(25-2)10-12(15)8-9-18(22)21-14-7-5-4-6-13(14)19(20)23/h4-11H,1-3H3,(H2,20,23)(H,21,22). The molecule has 2 aromatic rings. The minimum atomic E-state index is -0.619. The topological polar surface area (TPSA) is 99.9 Å². The van der Waals surface area contributed by atoms with Gasteiger partial charge in [0.25, 0.3) is 5.91 Å². The van der Waals surface area contributed by atoms with E-state index in [1.54, 1.807) is 42.5 Å². The van der Waals surface area contributed by atoms with Gasteiger partial charge in [0.05, 0.1) is 32.6 Å². The minimum Gasteiger partial charge on any atom is -0.496 e. The van der Waals surface area contributed by atoms with Crippen molar-refractivity contribution in [2.75, 3.05) is 26.6 Å². The summed E-state index contributed by atoms with van der Waals surface area (Å²) >= 11 is 0. The van der Waals surface area contributed by atoms with E-state index in [0.29, 0.717) is 28.5 Å². The Kier molecular flexibility index (Phi) is 6.21. The van der Waals surface area contributed by atoms with Crippen molar-refractivity contribution in [2.24, 2.45) is 5.73 Å². The lowest BCUT2D eigenvalue weighted by molar-refractivity contribution is -0.111. The van der Waals surface area contributed by atoms with Crippen LogP contribution in [0.2, 0.25) is 0 Å². The first-order chi connectivity index (χ1) is 12.5. The number of anilines is 1. The molecular formula is C19H20N2O5. The smallest absolute Gasteiger partial charge is 0.250 e. The summed E-state index contributed by atoms with van der Waals surface area (Å²) < 4.78 is 15.8. The zero-order valence-corrected chi connectivity index (χ0v) is 14.7. The van der Waals surface area contributed by atoms with E-state index in [-0.39, 0.29) is 5.56 Å². The van der Waals surface area contributed by atoms with Crippen molar-refractivity contribution in [1.82, 2.24) is 0 Å². The number of carbonyl (C=O) groups is 2. The van der Waals surface area contributed by atoms with Gasteiger partial charge in [-0.3, -0.25) is 9.59 Å². The predicted molar refractivity (Wildman–Crippen MR) is 98.7 cm³/mol. The van der Waals surface area contributed by atoms with Crippen molar-refractivity contribution in [3.8, 4) is 17.2 Å². The van der Waals surface area contributed by atoms with Crippen molar-refractivity contribution in [3.63, 3.8) is 0 Å². The molecule has 0 aromatic heterocycles. The van der Waals surface area contributed by atoms with Gasteiger partial charge in [0, 0.05) is 17.7 Å². The molecule has 0 saturated heterocycles. The number of nitrogens with two attached hydrogens (primary N) is 1. The van der Waals surface area contributed by atoms with E-state index in [2.05, 4.69) is 5.32 Å². The average Bonchev–Trinajstić information content (AvgIpc) is 2.65. The highest BCUT2D eigenvalue weighted by molar-refractivity contribution is 6.07. The van der Waals surface area contributed by atoms with Crippen LogP contribution in [-0.2, 0) is 4.79 Å². The molecule has 136 valence electrons. The molecule has 0 aliphatic rings. The maximum absolute atomic E-state index is 12.2. The maximum Gasteiger partial charge on any atom is 0.250 e. The Morgan fingerprint density at radius 2 is 1.58 bits per heavy atom. The summed E-state index contributed by atoms with van der Waals surface area (Å²) in [7, 11) is 4.56. The summed E-state index contributed by atoms with van der Waals surface area (Å²) in [5.74, 6) is 0.500. The molecule has 0 saturated carbocycles. The van der Waals surface area contributed by atoms with Gasteiger partial charge in [0.1, 0.15) is 5.75 Å². The van der Waals surface area contributed by atoms with Crippen LogP contribution in [0, 0.1) is 0 Å². The predicted octanol–water partition coefficient (Wildman–Crippen LogP) is 2.46. The average molecular weight is 356 g/mol. The lowest BCUT2D eigenvalue weighted by Crippen LogP contribution is -2.16. The Hall–Kier alpha value is -3.48. The highest BCUT2D eigenvalue weighted by Crippen LogP contribution is 2.35. The quantitative estimate of drug-likeness (QED) is 0.742. The summed E-state index contributed by atoms with van der Waals surface area (Å²) in [6, 6.07) is 9.86. The first kappa shape index (κ1) is 18.9. The second-order valence-electron chi connectivity index (χ2n) is 5.18. The van der Waals surface area contributed by atoms with Gasteiger partial charge in [0.2, 0.25) is 5.91 Å². The third kappa shape index (κ3) is 4.32. The van der Waals surface area contributed by atoms with E-state index in [0.717, 1.165) is 0 Å². The summed E-state index contributed by atoms with van der Waals surface area (Å²) in [6.45, 7) is 0. The highest BCUT2D eigenvalue weighted by Gasteiger charge is 2.11. The van der Waals surface area contributed by atoms with E-state index in [4.69, 9.17) is 19.9 Å². The summed E-state index contributed by atoms with van der Waals surface area (Å²) in [5, 5.41) is 2.63. The van der Waals surface area contributed by atoms with Crippen LogP contribution in [0.4, 0.5) is 5.69 Å².